The molecule has 0 radical (unpaired) electrons. The average Bonchev–Trinajstić information content (AvgIpc) is 1.82. The topological polar surface area (TPSA) is 80.9 Å². The molecule has 1 fully saturated rings. The van der Waals surface area contributed by atoms with Gasteiger partial charge in [-0.2, -0.15) is 0 Å². The van der Waals surface area contributed by atoms with Gasteiger partial charge in [0.05, 0.1) is 23.4 Å². The Balaban J connectivity index is 2.76. The summed E-state index contributed by atoms with van der Waals surface area (Å²) < 4.78 is 0. The Bertz CT molecular complexity index is 156. The number of aliphatic hydroxyl groups excluding tert-OH is 2. The van der Waals surface area contributed by atoms with Crippen LogP contribution in [-0.2, 0) is 0 Å². The van der Waals surface area contributed by atoms with Crippen molar-refractivity contribution in [3.63, 3.8) is 0 Å². The maximum Gasteiger partial charge on any atom is 0.0904 e. The smallest absolute Gasteiger partial charge is 0.0904 e. The second-order valence-corrected chi connectivity index (χ2v) is 4.15. The summed E-state index contributed by atoms with van der Waals surface area (Å²) in [6.07, 6.45) is -1.95. The predicted molar refractivity (Wildman–Crippen MR) is 42.5 cm³/mol. The maximum absolute atomic E-state index is 9.52. The molecule has 1 aliphatic rings. The van der Waals surface area contributed by atoms with Crippen molar-refractivity contribution in [3.05, 3.63) is 0 Å². The Morgan fingerprint density at radius 1 is 0.917 bits per heavy atom. The summed E-state index contributed by atoms with van der Waals surface area (Å²) >= 11 is 0. The third kappa shape index (κ3) is 1.61. The van der Waals surface area contributed by atoms with E-state index in [0.717, 1.165) is 0 Å². The second-order valence-electron chi connectivity index (χ2n) is 4.15. The van der Waals surface area contributed by atoms with Gasteiger partial charge in [-0.3, -0.25) is 0 Å². The molecule has 0 aromatic heterocycles. The van der Waals surface area contributed by atoms with Crippen LogP contribution in [0.25, 0.3) is 0 Å². The Hall–Kier alpha value is -0.160. The van der Waals surface area contributed by atoms with E-state index in [1.165, 1.54) is 13.8 Å². The molecule has 0 spiro atoms. The van der Waals surface area contributed by atoms with E-state index in [1.54, 1.807) is 0 Å². The fourth-order valence-corrected chi connectivity index (χ4v) is 1.49. The van der Waals surface area contributed by atoms with Crippen LogP contribution in [0.5, 0.6) is 0 Å². The van der Waals surface area contributed by atoms with Crippen molar-refractivity contribution in [2.45, 2.75) is 50.1 Å². The van der Waals surface area contributed by atoms with Gasteiger partial charge in [-0.25, -0.2) is 0 Å². The minimum atomic E-state index is -1.29. The fourth-order valence-electron chi connectivity index (χ4n) is 1.49. The molecular formula is C8H16O4. The van der Waals surface area contributed by atoms with Crippen LogP contribution >= 0.6 is 0 Å². The molecule has 0 saturated heterocycles. The normalized spacial score (nSPS) is 55.5. The van der Waals surface area contributed by atoms with Gasteiger partial charge in [0.2, 0.25) is 0 Å². The third-order valence-corrected chi connectivity index (χ3v) is 2.65. The van der Waals surface area contributed by atoms with Gasteiger partial charge in [-0.05, 0) is 13.8 Å². The van der Waals surface area contributed by atoms with Crippen molar-refractivity contribution in [1.82, 2.24) is 0 Å². The van der Waals surface area contributed by atoms with E-state index in [0.29, 0.717) is 0 Å². The SMILES string of the molecule is CC1(O)CC(O)C(C)(O)CC1O. The fraction of sp³-hybridized carbons (Fsp3) is 1.00. The molecule has 72 valence electrons. The zero-order chi connectivity index (χ0) is 9.57. The first kappa shape index (κ1) is 9.92. The first-order valence-electron chi connectivity index (χ1n) is 4.06. The van der Waals surface area contributed by atoms with Crippen LogP contribution < -0.4 is 0 Å². The van der Waals surface area contributed by atoms with Crippen molar-refractivity contribution in [2.24, 2.45) is 0 Å². The molecule has 1 rings (SSSR count). The maximum atomic E-state index is 9.52. The Morgan fingerprint density at radius 2 is 1.17 bits per heavy atom. The van der Waals surface area contributed by atoms with Crippen molar-refractivity contribution < 1.29 is 20.4 Å². The Labute approximate surface area is 71.5 Å². The van der Waals surface area contributed by atoms with E-state index in [9.17, 15) is 20.4 Å². The van der Waals surface area contributed by atoms with Gasteiger partial charge in [0.1, 0.15) is 0 Å². The molecule has 1 saturated carbocycles. The van der Waals surface area contributed by atoms with Crippen LogP contribution in [-0.4, -0.2) is 43.8 Å². The van der Waals surface area contributed by atoms with E-state index in [4.69, 9.17) is 0 Å². The largest absolute Gasteiger partial charge is 0.390 e. The summed E-state index contributed by atoms with van der Waals surface area (Å²) in [5, 5.41) is 37.8. The monoisotopic (exact) mass is 176 g/mol. The van der Waals surface area contributed by atoms with Crippen LogP contribution in [0.4, 0.5) is 0 Å². The van der Waals surface area contributed by atoms with Gasteiger partial charge in [-0.1, -0.05) is 0 Å². The molecule has 0 aliphatic heterocycles. The van der Waals surface area contributed by atoms with Gasteiger partial charge < -0.3 is 20.4 Å². The van der Waals surface area contributed by atoms with E-state index in [1.807, 2.05) is 0 Å². The Kier molecular flexibility index (Phi) is 2.21. The summed E-state index contributed by atoms with van der Waals surface area (Å²) in [4.78, 5) is 0. The van der Waals surface area contributed by atoms with Crippen LogP contribution in [0.2, 0.25) is 0 Å². The van der Waals surface area contributed by atoms with E-state index in [2.05, 4.69) is 0 Å². The predicted octanol–water partition coefficient (Wildman–Crippen LogP) is -0.996. The summed E-state index contributed by atoms with van der Waals surface area (Å²) in [5.74, 6) is 0. The van der Waals surface area contributed by atoms with E-state index >= 15 is 0 Å². The van der Waals surface area contributed by atoms with Gasteiger partial charge in [0.25, 0.3) is 0 Å². The highest BCUT2D eigenvalue weighted by atomic mass is 16.4. The summed E-state index contributed by atoms with van der Waals surface area (Å²) in [6.45, 7) is 2.91. The molecule has 4 N–H and O–H groups in total. The lowest BCUT2D eigenvalue weighted by Crippen LogP contribution is -2.57. The zero-order valence-electron chi connectivity index (χ0n) is 7.36. The van der Waals surface area contributed by atoms with Gasteiger partial charge >= 0.3 is 0 Å². The summed E-state index contributed by atoms with van der Waals surface area (Å²) in [5.41, 5.74) is -2.58. The molecule has 1 aliphatic carbocycles. The molecule has 0 aromatic rings. The highest BCUT2D eigenvalue weighted by molar-refractivity contribution is 5.00. The van der Waals surface area contributed by atoms with Crippen molar-refractivity contribution in [3.8, 4) is 0 Å². The molecular weight excluding hydrogens is 160 g/mol. The molecule has 4 nitrogen and oxygen atoms in total. The lowest BCUT2D eigenvalue weighted by molar-refractivity contribution is -0.192. The first-order chi connectivity index (χ1) is 5.26. The Morgan fingerprint density at radius 3 is 1.42 bits per heavy atom. The third-order valence-electron chi connectivity index (χ3n) is 2.65. The van der Waals surface area contributed by atoms with Crippen molar-refractivity contribution in [1.29, 1.82) is 0 Å². The number of hydrogen-bond donors (Lipinski definition) is 4. The molecule has 0 heterocycles. The molecule has 4 unspecified atom stereocenters. The lowest BCUT2D eigenvalue weighted by Gasteiger charge is -2.44. The second kappa shape index (κ2) is 2.67. The minimum Gasteiger partial charge on any atom is -0.390 e. The molecule has 4 heteroatoms. The van der Waals surface area contributed by atoms with Crippen molar-refractivity contribution in [2.75, 3.05) is 0 Å². The number of aliphatic hydroxyl groups is 4. The standard InChI is InChI=1S/C8H16O4/c1-7(11)3-6(10)8(2,12)4-5(7)9/h5-6,9-12H,3-4H2,1-2H3. The van der Waals surface area contributed by atoms with E-state index < -0.39 is 23.4 Å². The van der Waals surface area contributed by atoms with Crippen LogP contribution in [0.3, 0.4) is 0 Å². The zero-order valence-corrected chi connectivity index (χ0v) is 7.36. The van der Waals surface area contributed by atoms with Gasteiger partial charge in [0, 0.05) is 12.8 Å². The van der Waals surface area contributed by atoms with E-state index in [-0.39, 0.29) is 12.8 Å². The van der Waals surface area contributed by atoms with Crippen LogP contribution in [0.15, 0.2) is 0 Å². The molecule has 12 heavy (non-hydrogen) atoms. The molecule has 0 bridgehead atoms. The van der Waals surface area contributed by atoms with Gasteiger partial charge in [-0.15, -0.1) is 0 Å². The minimum absolute atomic E-state index is 0.00116. The average molecular weight is 176 g/mol. The lowest BCUT2D eigenvalue weighted by atomic mass is 9.74. The summed E-state index contributed by atoms with van der Waals surface area (Å²) in [7, 11) is 0. The molecule has 4 atom stereocenters. The highest BCUT2D eigenvalue weighted by Gasteiger charge is 2.47. The first-order valence-corrected chi connectivity index (χ1v) is 4.06. The summed E-state index contributed by atoms with van der Waals surface area (Å²) in [6, 6.07) is 0. The number of rotatable bonds is 0. The molecule has 0 amide bonds. The van der Waals surface area contributed by atoms with Crippen LogP contribution in [0, 0.1) is 0 Å². The highest BCUT2D eigenvalue weighted by Crippen LogP contribution is 2.34. The molecule has 0 aromatic carbocycles. The number of hydrogen-bond acceptors (Lipinski definition) is 4. The van der Waals surface area contributed by atoms with Gasteiger partial charge in [0.15, 0.2) is 0 Å². The van der Waals surface area contributed by atoms with Crippen LogP contribution in [0.1, 0.15) is 26.7 Å². The quantitative estimate of drug-likeness (QED) is 0.382. The van der Waals surface area contributed by atoms with Crippen molar-refractivity contribution >= 4 is 0 Å².